The quantitative estimate of drug-likeness (QED) is 0.730. The molecule has 0 unspecified atom stereocenters. The molecule has 0 spiro atoms. The average Bonchev–Trinajstić information content (AvgIpc) is 2.58. The van der Waals surface area contributed by atoms with Gasteiger partial charge in [-0.15, -0.1) is 0 Å². The molecule has 25 heavy (non-hydrogen) atoms. The van der Waals surface area contributed by atoms with Crippen molar-refractivity contribution in [2.45, 2.75) is 37.8 Å². The van der Waals surface area contributed by atoms with Gasteiger partial charge < -0.3 is 19.7 Å². The van der Waals surface area contributed by atoms with Crippen LogP contribution in [0.25, 0.3) is 0 Å². The Morgan fingerprint density at radius 1 is 1.32 bits per heavy atom. The number of nitrogens with zero attached hydrogens (tertiary/aromatic N) is 1. The lowest BCUT2D eigenvalue weighted by atomic mass is 9.86. The molecule has 0 radical (unpaired) electrons. The van der Waals surface area contributed by atoms with Crippen LogP contribution in [0.4, 0.5) is 0 Å². The highest BCUT2D eigenvalue weighted by Crippen LogP contribution is 2.34. The number of carbonyl (C=O) groups excluding carboxylic acids is 1. The number of methoxy groups -OCH3 is 1. The number of hydrogen-bond donors (Lipinski definition) is 1. The van der Waals surface area contributed by atoms with Gasteiger partial charge in [0, 0.05) is 25.4 Å². The van der Waals surface area contributed by atoms with Crippen molar-refractivity contribution in [3.63, 3.8) is 0 Å². The normalized spacial score (nSPS) is 24.0. The first kappa shape index (κ1) is 18.7. The van der Waals surface area contributed by atoms with E-state index in [1.165, 1.54) is 26.5 Å². The maximum Gasteiger partial charge on any atom is 0.337 e. The van der Waals surface area contributed by atoms with Crippen LogP contribution < -0.4 is 10.1 Å². The van der Waals surface area contributed by atoms with E-state index in [2.05, 4.69) is 33.2 Å². The number of hydrogen-bond acceptors (Lipinski definition) is 5. The summed E-state index contributed by atoms with van der Waals surface area (Å²) in [4.78, 5) is 14.1. The number of ether oxygens (including phenoxy) is 2. The largest absolute Gasteiger partial charge is 0.489 e. The zero-order valence-corrected chi connectivity index (χ0v) is 16.5. The van der Waals surface area contributed by atoms with E-state index >= 15 is 0 Å². The van der Waals surface area contributed by atoms with Crippen molar-refractivity contribution in [2.75, 3.05) is 33.8 Å². The molecule has 1 aromatic rings. The molecule has 6 heteroatoms. The van der Waals surface area contributed by atoms with Crippen LogP contribution in [0.1, 0.15) is 36.0 Å². The summed E-state index contributed by atoms with van der Waals surface area (Å²) in [5.74, 6) is 1.28. The van der Waals surface area contributed by atoms with Crippen LogP contribution in [-0.2, 0) is 4.74 Å². The molecule has 5 nitrogen and oxygen atoms in total. The molecule has 1 aliphatic carbocycles. The lowest BCUT2D eigenvalue weighted by molar-refractivity contribution is 0.0205. The highest BCUT2D eigenvalue weighted by Gasteiger charge is 2.34. The molecule has 1 heterocycles. The molecule has 0 aromatic heterocycles. The van der Waals surface area contributed by atoms with Crippen LogP contribution in [-0.4, -0.2) is 56.8 Å². The summed E-state index contributed by atoms with van der Waals surface area (Å²) < 4.78 is 11.6. The summed E-state index contributed by atoms with van der Waals surface area (Å²) in [6.45, 7) is 3.51. The smallest absolute Gasteiger partial charge is 0.337 e. The third-order valence-corrected chi connectivity index (χ3v) is 5.96. The number of piperidine rings is 1. The summed E-state index contributed by atoms with van der Waals surface area (Å²) >= 11 is 3.49. The fourth-order valence-corrected chi connectivity index (χ4v) is 4.11. The first-order valence-electron chi connectivity index (χ1n) is 9.02. The number of nitrogens with one attached hydrogen (secondary N) is 1. The molecule has 2 fully saturated rings. The van der Waals surface area contributed by atoms with Crippen molar-refractivity contribution in [2.24, 2.45) is 5.92 Å². The standard InChI is InChI=1S/C19H27BrN2O3/c1-22(12-13-5-7-21-8-6-13)15-10-16(11-15)25-18-4-3-14(9-17(18)20)19(23)24-2/h3-4,9,13,15-16,21H,5-8,10-12H2,1-2H3. The van der Waals surface area contributed by atoms with E-state index in [0.717, 1.165) is 42.1 Å². The van der Waals surface area contributed by atoms with E-state index in [1.54, 1.807) is 12.1 Å². The van der Waals surface area contributed by atoms with E-state index in [-0.39, 0.29) is 12.1 Å². The molecule has 1 N–H and O–H groups in total. The summed E-state index contributed by atoms with van der Waals surface area (Å²) in [7, 11) is 3.62. The molecular weight excluding hydrogens is 384 g/mol. The Morgan fingerprint density at radius 3 is 2.68 bits per heavy atom. The molecule has 2 aliphatic rings. The zero-order chi connectivity index (χ0) is 17.8. The molecule has 1 aliphatic heterocycles. The molecule has 138 valence electrons. The zero-order valence-electron chi connectivity index (χ0n) is 15.0. The van der Waals surface area contributed by atoms with Crippen molar-refractivity contribution in [3.05, 3.63) is 28.2 Å². The first-order valence-corrected chi connectivity index (χ1v) is 9.81. The Bertz CT molecular complexity index is 598. The first-order chi connectivity index (χ1) is 12.1. The lowest BCUT2D eigenvalue weighted by Crippen LogP contribution is -2.49. The highest BCUT2D eigenvalue weighted by atomic mass is 79.9. The third-order valence-electron chi connectivity index (χ3n) is 5.34. The van der Waals surface area contributed by atoms with Gasteiger partial charge in [0.2, 0.25) is 0 Å². The van der Waals surface area contributed by atoms with E-state index in [9.17, 15) is 4.79 Å². The second-order valence-corrected chi connectivity index (χ2v) is 7.99. The molecule has 1 aromatic carbocycles. The van der Waals surface area contributed by atoms with Crippen LogP contribution in [0, 0.1) is 5.92 Å². The molecule has 1 saturated carbocycles. The summed E-state index contributed by atoms with van der Waals surface area (Å²) in [5.41, 5.74) is 0.523. The van der Waals surface area contributed by atoms with Crippen LogP contribution in [0.5, 0.6) is 5.75 Å². The Labute approximate surface area is 158 Å². The van der Waals surface area contributed by atoms with Crippen LogP contribution in [0.3, 0.4) is 0 Å². The molecule has 0 atom stereocenters. The molecular formula is C19H27BrN2O3. The van der Waals surface area contributed by atoms with Crippen molar-refractivity contribution in [3.8, 4) is 5.75 Å². The van der Waals surface area contributed by atoms with E-state index in [0.29, 0.717) is 11.6 Å². The van der Waals surface area contributed by atoms with Gasteiger partial charge >= 0.3 is 5.97 Å². The summed E-state index contributed by atoms with van der Waals surface area (Å²) in [6.07, 6.45) is 4.95. The average molecular weight is 411 g/mol. The van der Waals surface area contributed by atoms with Crippen molar-refractivity contribution < 1.29 is 14.3 Å². The number of halogens is 1. The van der Waals surface area contributed by atoms with Gasteiger partial charge in [0.25, 0.3) is 0 Å². The Kier molecular flexibility index (Phi) is 6.36. The van der Waals surface area contributed by atoms with Gasteiger partial charge in [0.1, 0.15) is 11.9 Å². The van der Waals surface area contributed by atoms with Gasteiger partial charge in [0.05, 0.1) is 17.1 Å². The number of rotatable bonds is 6. The Balaban J connectivity index is 1.46. The van der Waals surface area contributed by atoms with Gasteiger partial charge in [0.15, 0.2) is 0 Å². The number of esters is 1. The minimum absolute atomic E-state index is 0.251. The highest BCUT2D eigenvalue weighted by molar-refractivity contribution is 9.10. The SMILES string of the molecule is COC(=O)c1ccc(OC2CC(N(C)CC3CCNCC3)C2)c(Br)c1. The molecule has 0 bridgehead atoms. The van der Waals surface area contributed by atoms with Crippen LogP contribution in [0.15, 0.2) is 22.7 Å². The molecule has 0 amide bonds. The van der Waals surface area contributed by atoms with Gasteiger partial charge in [-0.3, -0.25) is 0 Å². The molecule has 1 saturated heterocycles. The number of benzene rings is 1. The van der Waals surface area contributed by atoms with E-state index in [1.807, 2.05) is 6.07 Å². The van der Waals surface area contributed by atoms with Crippen molar-refractivity contribution >= 4 is 21.9 Å². The van der Waals surface area contributed by atoms with Crippen LogP contribution >= 0.6 is 15.9 Å². The van der Waals surface area contributed by atoms with Gasteiger partial charge in [-0.25, -0.2) is 4.79 Å². The van der Waals surface area contributed by atoms with Gasteiger partial charge in [-0.1, -0.05) is 0 Å². The fourth-order valence-electron chi connectivity index (χ4n) is 3.64. The van der Waals surface area contributed by atoms with E-state index < -0.39 is 0 Å². The maximum atomic E-state index is 11.6. The predicted molar refractivity (Wildman–Crippen MR) is 101 cm³/mol. The topological polar surface area (TPSA) is 50.8 Å². The fraction of sp³-hybridized carbons (Fsp3) is 0.632. The second kappa shape index (κ2) is 8.52. The second-order valence-electron chi connectivity index (χ2n) is 7.13. The lowest BCUT2D eigenvalue weighted by Gasteiger charge is -2.42. The minimum Gasteiger partial charge on any atom is -0.489 e. The summed E-state index contributed by atoms with van der Waals surface area (Å²) in [5, 5.41) is 3.43. The Morgan fingerprint density at radius 2 is 2.04 bits per heavy atom. The number of carbonyl (C=O) groups is 1. The minimum atomic E-state index is -0.338. The Hall–Kier alpha value is -1.11. The molecule has 3 rings (SSSR count). The van der Waals surface area contributed by atoms with Gasteiger partial charge in [-0.05, 0) is 73.0 Å². The van der Waals surface area contributed by atoms with Crippen molar-refractivity contribution in [1.82, 2.24) is 10.2 Å². The van der Waals surface area contributed by atoms with Crippen LogP contribution in [0.2, 0.25) is 0 Å². The monoisotopic (exact) mass is 410 g/mol. The van der Waals surface area contributed by atoms with E-state index in [4.69, 9.17) is 9.47 Å². The third kappa shape index (κ3) is 4.74. The predicted octanol–water partition coefficient (Wildman–Crippen LogP) is 3.08. The maximum absolute atomic E-state index is 11.6. The van der Waals surface area contributed by atoms with Gasteiger partial charge in [-0.2, -0.15) is 0 Å². The summed E-state index contributed by atoms with van der Waals surface area (Å²) in [6, 6.07) is 5.95. The van der Waals surface area contributed by atoms with Crippen molar-refractivity contribution in [1.29, 1.82) is 0 Å².